The highest BCUT2D eigenvalue weighted by Crippen LogP contribution is 2.39. The molecule has 204 valence electrons. The van der Waals surface area contributed by atoms with Crippen LogP contribution in [0.4, 0.5) is 5.69 Å². The summed E-state index contributed by atoms with van der Waals surface area (Å²) in [7, 11) is -2.63. The fourth-order valence-corrected chi connectivity index (χ4v) is 7.54. The van der Waals surface area contributed by atoms with Crippen LogP contribution >= 0.6 is 11.3 Å². The number of carboxylic acids is 1. The molecule has 8 nitrogen and oxygen atoms in total. The third kappa shape index (κ3) is 5.90. The number of benzene rings is 1. The maximum absolute atomic E-state index is 13.8. The lowest BCUT2D eigenvalue weighted by molar-refractivity contribution is -0.121. The summed E-state index contributed by atoms with van der Waals surface area (Å²) < 4.78 is 33.9. The van der Waals surface area contributed by atoms with Crippen LogP contribution in [0.15, 0.2) is 35.2 Å². The van der Waals surface area contributed by atoms with Gasteiger partial charge < -0.3 is 14.7 Å². The van der Waals surface area contributed by atoms with Gasteiger partial charge in [0.25, 0.3) is 0 Å². The Balaban J connectivity index is 1.77. The number of thiophene rings is 1. The molecule has 1 unspecified atom stereocenters. The van der Waals surface area contributed by atoms with Gasteiger partial charge in [0.2, 0.25) is 15.9 Å². The molecule has 1 saturated carbocycles. The Labute approximate surface area is 228 Å². The third-order valence-corrected chi connectivity index (χ3v) is 9.79. The van der Waals surface area contributed by atoms with E-state index in [2.05, 4.69) is 11.8 Å². The Morgan fingerprint density at radius 1 is 1.16 bits per heavy atom. The number of para-hydroxylation sites is 1. The quantitative estimate of drug-likeness (QED) is 0.509. The SMILES string of the molecule is COc1ccccc1S(=O)(=O)N1CC(=O)N(c2cc(C#CC(C)(C)C)sc2C(=O)O)C(C2CCCCC2)C1. The van der Waals surface area contributed by atoms with Gasteiger partial charge >= 0.3 is 5.97 Å². The first-order valence-corrected chi connectivity index (χ1v) is 15.0. The van der Waals surface area contributed by atoms with Crippen molar-refractivity contribution in [1.29, 1.82) is 0 Å². The number of hydrogen-bond donors (Lipinski definition) is 1. The van der Waals surface area contributed by atoms with Gasteiger partial charge in [-0.15, -0.1) is 11.3 Å². The molecule has 4 rings (SSSR count). The summed E-state index contributed by atoms with van der Waals surface area (Å²) in [5.41, 5.74) is 0.0301. The standard InChI is InChI=1S/C28H34N2O6S2/c1-28(2,3)15-14-20-16-21(26(37-20)27(32)33)30-22(19-10-6-5-7-11-19)17-29(18-25(30)31)38(34,35)24-13-9-8-12-23(24)36-4/h8-9,12-13,16,19,22H,5-7,10-11,17-18H2,1-4H3,(H,32,33). The van der Waals surface area contributed by atoms with Crippen LogP contribution < -0.4 is 9.64 Å². The number of sulfonamides is 1. The van der Waals surface area contributed by atoms with E-state index in [-0.39, 0.29) is 39.9 Å². The Morgan fingerprint density at radius 2 is 1.84 bits per heavy atom. The van der Waals surface area contributed by atoms with Crippen molar-refractivity contribution in [1.82, 2.24) is 4.31 Å². The summed E-state index contributed by atoms with van der Waals surface area (Å²) in [6.45, 7) is 5.60. The minimum absolute atomic E-state index is 0.00708. The summed E-state index contributed by atoms with van der Waals surface area (Å²) in [5.74, 6) is 4.88. The molecule has 1 aliphatic heterocycles. The average molecular weight is 559 g/mol. The van der Waals surface area contributed by atoms with E-state index in [0.717, 1.165) is 43.4 Å². The lowest BCUT2D eigenvalue weighted by Gasteiger charge is -2.44. The molecule has 10 heteroatoms. The molecule has 0 spiro atoms. The van der Waals surface area contributed by atoms with E-state index in [9.17, 15) is 23.1 Å². The van der Waals surface area contributed by atoms with Crippen LogP contribution in [0.2, 0.25) is 0 Å². The topological polar surface area (TPSA) is 104 Å². The van der Waals surface area contributed by atoms with Gasteiger partial charge in [-0.05, 0) is 57.7 Å². The van der Waals surface area contributed by atoms with Gasteiger partial charge in [-0.2, -0.15) is 4.31 Å². The van der Waals surface area contributed by atoms with Crippen molar-refractivity contribution >= 4 is 38.9 Å². The van der Waals surface area contributed by atoms with Gasteiger partial charge in [-0.3, -0.25) is 4.79 Å². The highest BCUT2D eigenvalue weighted by Gasteiger charge is 2.44. The van der Waals surface area contributed by atoms with E-state index in [0.29, 0.717) is 10.6 Å². The van der Waals surface area contributed by atoms with Crippen molar-refractivity contribution < 1.29 is 27.9 Å². The molecule has 1 amide bonds. The number of amides is 1. The normalized spacial score (nSPS) is 19.6. The molecule has 2 aliphatic rings. The van der Waals surface area contributed by atoms with Gasteiger partial charge in [-0.25, -0.2) is 13.2 Å². The van der Waals surface area contributed by atoms with Crippen molar-refractivity contribution in [2.24, 2.45) is 11.3 Å². The van der Waals surface area contributed by atoms with Crippen LogP contribution in [0.1, 0.15) is 67.4 Å². The first-order chi connectivity index (χ1) is 17.9. The second kappa shape index (κ2) is 11.1. The zero-order chi connectivity index (χ0) is 27.7. The summed E-state index contributed by atoms with van der Waals surface area (Å²) in [6.07, 6.45) is 4.76. The van der Waals surface area contributed by atoms with Gasteiger partial charge in [0.1, 0.15) is 15.5 Å². The van der Waals surface area contributed by atoms with Crippen LogP contribution in [0.5, 0.6) is 5.75 Å². The molecule has 1 aromatic heterocycles. The van der Waals surface area contributed by atoms with Crippen LogP contribution in [-0.4, -0.2) is 55.9 Å². The van der Waals surface area contributed by atoms with E-state index in [1.165, 1.54) is 17.5 Å². The lowest BCUT2D eigenvalue weighted by Crippen LogP contribution is -2.60. The molecule has 1 aromatic carbocycles. The summed E-state index contributed by atoms with van der Waals surface area (Å²) >= 11 is 1.05. The maximum Gasteiger partial charge on any atom is 0.348 e. The molecule has 1 saturated heterocycles. The summed E-state index contributed by atoms with van der Waals surface area (Å²) in [6, 6.07) is 7.55. The highest BCUT2D eigenvalue weighted by molar-refractivity contribution is 7.89. The van der Waals surface area contributed by atoms with Crippen molar-refractivity contribution in [3.05, 3.63) is 40.1 Å². The maximum atomic E-state index is 13.8. The predicted octanol–water partition coefficient (Wildman–Crippen LogP) is 4.84. The molecular weight excluding hydrogens is 524 g/mol. The van der Waals surface area contributed by atoms with Crippen molar-refractivity contribution in [3.8, 4) is 17.6 Å². The lowest BCUT2D eigenvalue weighted by atomic mass is 9.82. The molecule has 1 N–H and O–H groups in total. The molecule has 2 aromatic rings. The van der Waals surface area contributed by atoms with E-state index < -0.39 is 27.9 Å². The van der Waals surface area contributed by atoms with Crippen LogP contribution in [0.25, 0.3) is 0 Å². The number of carbonyl (C=O) groups is 2. The Morgan fingerprint density at radius 3 is 2.47 bits per heavy atom. The second-order valence-corrected chi connectivity index (χ2v) is 13.8. The number of aromatic carboxylic acids is 1. The smallest absolute Gasteiger partial charge is 0.348 e. The molecule has 38 heavy (non-hydrogen) atoms. The van der Waals surface area contributed by atoms with Gasteiger partial charge in [-0.1, -0.05) is 43.2 Å². The van der Waals surface area contributed by atoms with Gasteiger partial charge in [0.15, 0.2) is 0 Å². The second-order valence-electron chi connectivity index (χ2n) is 10.8. The van der Waals surface area contributed by atoms with Gasteiger partial charge in [0.05, 0.1) is 30.3 Å². The summed E-state index contributed by atoms with van der Waals surface area (Å²) in [4.78, 5) is 28.2. The Kier molecular flexibility index (Phi) is 8.21. The molecule has 0 radical (unpaired) electrons. The number of ether oxygens (including phenoxy) is 1. The first-order valence-electron chi connectivity index (χ1n) is 12.8. The number of hydrogen-bond acceptors (Lipinski definition) is 6. The van der Waals surface area contributed by atoms with Crippen LogP contribution in [-0.2, 0) is 14.8 Å². The van der Waals surface area contributed by atoms with Crippen LogP contribution in [0, 0.1) is 23.2 Å². The highest BCUT2D eigenvalue weighted by atomic mass is 32.2. The van der Waals surface area contributed by atoms with Crippen molar-refractivity contribution in [3.63, 3.8) is 0 Å². The third-order valence-electron chi connectivity index (χ3n) is 6.91. The average Bonchev–Trinajstić information content (AvgIpc) is 3.31. The zero-order valence-electron chi connectivity index (χ0n) is 22.2. The number of methoxy groups -OCH3 is 1. The van der Waals surface area contributed by atoms with E-state index in [1.54, 1.807) is 29.2 Å². The van der Waals surface area contributed by atoms with E-state index in [4.69, 9.17) is 4.74 Å². The fourth-order valence-electron chi connectivity index (χ4n) is 5.14. The fraction of sp³-hybridized carbons (Fsp3) is 0.500. The zero-order valence-corrected chi connectivity index (χ0v) is 23.8. The number of carboxylic acid groups (broad SMARTS) is 1. The minimum Gasteiger partial charge on any atom is -0.495 e. The first kappa shape index (κ1) is 28.1. The molecule has 1 atom stereocenters. The number of carbonyl (C=O) groups excluding carboxylic acids is 1. The molecule has 2 fully saturated rings. The monoisotopic (exact) mass is 558 g/mol. The number of anilines is 1. The molecule has 1 aliphatic carbocycles. The number of nitrogens with zero attached hydrogens (tertiary/aromatic N) is 2. The number of piperazine rings is 1. The summed E-state index contributed by atoms with van der Waals surface area (Å²) in [5, 5.41) is 10.0. The molecular formula is C28H34N2O6S2. The molecule has 2 heterocycles. The van der Waals surface area contributed by atoms with Crippen LogP contribution in [0.3, 0.4) is 0 Å². The number of rotatable bonds is 6. The predicted molar refractivity (Wildman–Crippen MR) is 147 cm³/mol. The Bertz CT molecular complexity index is 1370. The van der Waals surface area contributed by atoms with Crippen molar-refractivity contribution in [2.75, 3.05) is 25.1 Å². The minimum atomic E-state index is -4.04. The Hall–Kier alpha value is -2.87. The van der Waals surface area contributed by atoms with Gasteiger partial charge in [0, 0.05) is 12.0 Å². The van der Waals surface area contributed by atoms with E-state index in [1.807, 2.05) is 20.8 Å². The largest absolute Gasteiger partial charge is 0.495 e. The van der Waals surface area contributed by atoms with E-state index >= 15 is 0 Å². The van der Waals surface area contributed by atoms with Crippen molar-refractivity contribution in [2.45, 2.75) is 63.8 Å². The molecule has 0 bridgehead atoms.